The fourth-order valence-electron chi connectivity index (χ4n) is 4.21. The molecule has 1 N–H and O–H groups in total. The summed E-state index contributed by atoms with van der Waals surface area (Å²) in [6.07, 6.45) is 8.44. The third-order valence-electron chi connectivity index (χ3n) is 5.94. The van der Waals surface area contributed by atoms with Gasteiger partial charge in [-0.05, 0) is 37.0 Å². The van der Waals surface area contributed by atoms with Crippen LogP contribution in [0.15, 0.2) is 0 Å². The number of nitrogens with zero attached hydrogens (tertiary/aromatic N) is 1. The van der Waals surface area contributed by atoms with Crippen molar-refractivity contribution in [3.63, 3.8) is 0 Å². The highest BCUT2D eigenvalue weighted by Gasteiger charge is 2.48. The molecule has 2 aliphatic carbocycles. The molecule has 2 heteroatoms. The topological polar surface area (TPSA) is 15.3 Å². The van der Waals surface area contributed by atoms with Gasteiger partial charge in [-0.15, -0.1) is 0 Å². The molecule has 0 bridgehead atoms. The van der Waals surface area contributed by atoms with Crippen molar-refractivity contribution in [3.05, 3.63) is 0 Å². The maximum atomic E-state index is 3.90. The maximum Gasteiger partial charge on any atom is 0.0309 e. The molecule has 1 aliphatic heterocycles. The van der Waals surface area contributed by atoms with Crippen molar-refractivity contribution in [2.45, 2.75) is 70.9 Å². The Labute approximate surface area is 113 Å². The van der Waals surface area contributed by atoms with Gasteiger partial charge in [-0.1, -0.05) is 33.6 Å². The van der Waals surface area contributed by atoms with Crippen molar-refractivity contribution < 1.29 is 0 Å². The highest BCUT2D eigenvalue weighted by atomic mass is 15.3. The molecule has 2 atom stereocenters. The zero-order valence-electron chi connectivity index (χ0n) is 12.5. The van der Waals surface area contributed by atoms with E-state index in [2.05, 4.69) is 31.0 Å². The van der Waals surface area contributed by atoms with E-state index in [1.807, 2.05) is 0 Å². The summed E-state index contributed by atoms with van der Waals surface area (Å²) in [5, 5.41) is 3.90. The average Bonchev–Trinajstić information content (AvgIpc) is 2.75. The minimum Gasteiger partial charge on any atom is -0.308 e. The van der Waals surface area contributed by atoms with Crippen LogP contribution in [0.2, 0.25) is 0 Å². The van der Waals surface area contributed by atoms with Crippen molar-refractivity contribution in [2.75, 3.05) is 19.6 Å². The first kappa shape index (κ1) is 12.9. The van der Waals surface area contributed by atoms with Crippen LogP contribution < -0.4 is 5.32 Å². The predicted molar refractivity (Wildman–Crippen MR) is 76.7 cm³/mol. The van der Waals surface area contributed by atoms with E-state index in [1.165, 1.54) is 58.2 Å². The molecule has 1 saturated heterocycles. The molecule has 0 aromatic heterocycles. The van der Waals surface area contributed by atoms with Crippen molar-refractivity contribution in [3.8, 4) is 0 Å². The minimum atomic E-state index is 0.491. The summed E-state index contributed by atoms with van der Waals surface area (Å²) in [5.41, 5.74) is 1.12. The van der Waals surface area contributed by atoms with E-state index in [0.717, 1.165) is 12.0 Å². The first-order valence-corrected chi connectivity index (χ1v) is 8.04. The summed E-state index contributed by atoms with van der Waals surface area (Å²) >= 11 is 0. The molecule has 2 saturated carbocycles. The van der Waals surface area contributed by atoms with Crippen LogP contribution in [0.1, 0.15) is 59.3 Å². The zero-order chi connectivity index (χ0) is 12.8. The van der Waals surface area contributed by atoms with Crippen LogP contribution in [0.3, 0.4) is 0 Å². The van der Waals surface area contributed by atoms with Gasteiger partial charge in [0, 0.05) is 31.2 Å². The molecular formula is C16H30N2. The lowest BCUT2D eigenvalue weighted by atomic mass is 9.91. The lowest BCUT2D eigenvalue weighted by molar-refractivity contribution is 0.0711. The Kier molecular flexibility index (Phi) is 3.22. The molecule has 0 amide bonds. The Morgan fingerprint density at radius 2 is 1.89 bits per heavy atom. The van der Waals surface area contributed by atoms with Crippen LogP contribution in [-0.4, -0.2) is 36.1 Å². The van der Waals surface area contributed by atoms with E-state index in [-0.39, 0.29) is 0 Å². The Morgan fingerprint density at radius 3 is 2.44 bits per heavy atom. The summed E-state index contributed by atoms with van der Waals surface area (Å²) < 4.78 is 0. The molecule has 3 aliphatic rings. The zero-order valence-corrected chi connectivity index (χ0v) is 12.5. The molecule has 0 aromatic rings. The second-order valence-electron chi connectivity index (χ2n) is 7.75. The first-order valence-electron chi connectivity index (χ1n) is 8.04. The number of nitrogens with one attached hydrogen (secondary N) is 1. The molecule has 0 aromatic carbocycles. The van der Waals surface area contributed by atoms with E-state index in [4.69, 9.17) is 0 Å². The van der Waals surface area contributed by atoms with Gasteiger partial charge >= 0.3 is 0 Å². The largest absolute Gasteiger partial charge is 0.308 e. The van der Waals surface area contributed by atoms with Crippen molar-refractivity contribution >= 4 is 0 Å². The van der Waals surface area contributed by atoms with E-state index in [0.29, 0.717) is 11.0 Å². The van der Waals surface area contributed by atoms with Gasteiger partial charge in [0.05, 0.1) is 0 Å². The Bertz CT molecular complexity index is 304. The highest BCUT2D eigenvalue weighted by molar-refractivity contribution is 5.04. The maximum absolute atomic E-state index is 3.90. The molecular weight excluding hydrogens is 220 g/mol. The van der Waals surface area contributed by atoms with Crippen molar-refractivity contribution in [2.24, 2.45) is 11.3 Å². The Morgan fingerprint density at radius 1 is 1.22 bits per heavy atom. The number of piperazine rings is 1. The molecule has 2 nitrogen and oxygen atoms in total. The van der Waals surface area contributed by atoms with Gasteiger partial charge in [-0.3, -0.25) is 4.90 Å². The second-order valence-corrected chi connectivity index (χ2v) is 7.75. The lowest BCUT2D eigenvalue weighted by Gasteiger charge is -2.46. The molecule has 104 valence electrons. The van der Waals surface area contributed by atoms with Crippen molar-refractivity contribution in [1.29, 1.82) is 0 Å². The molecule has 3 fully saturated rings. The van der Waals surface area contributed by atoms with E-state index in [9.17, 15) is 0 Å². The van der Waals surface area contributed by atoms with Gasteiger partial charge in [0.15, 0.2) is 0 Å². The van der Waals surface area contributed by atoms with Crippen molar-refractivity contribution in [1.82, 2.24) is 10.2 Å². The number of hydrogen-bond acceptors (Lipinski definition) is 2. The van der Waals surface area contributed by atoms with Crippen LogP contribution in [0.5, 0.6) is 0 Å². The molecule has 1 heterocycles. The first-order chi connectivity index (χ1) is 8.55. The monoisotopic (exact) mass is 250 g/mol. The second kappa shape index (κ2) is 4.49. The smallest absolute Gasteiger partial charge is 0.0309 e. The summed E-state index contributed by atoms with van der Waals surface area (Å²) in [6, 6.07) is 0.785. The Hall–Kier alpha value is -0.0800. The molecule has 0 radical (unpaired) electrons. The van der Waals surface area contributed by atoms with Gasteiger partial charge in [0.2, 0.25) is 0 Å². The summed E-state index contributed by atoms with van der Waals surface area (Å²) in [4.78, 5) is 2.83. The van der Waals surface area contributed by atoms with Crippen LogP contribution in [0, 0.1) is 11.3 Å². The third-order valence-corrected chi connectivity index (χ3v) is 5.94. The molecule has 1 spiro atoms. The van der Waals surface area contributed by atoms with Gasteiger partial charge in [0.1, 0.15) is 0 Å². The van der Waals surface area contributed by atoms with Crippen LogP contribution >= 0.6 is 0 Å². The summed E-state index contributed by atoms with van der Waals surface area (Å²) in [5.74, 6) is 0.961. The van der Waals surface area contributed by atoms with E-state index in [1.54, 1.807) is 0 Å². The van der Waals surface area contributed by atoms with Gasteiger partial charge in [0.25, 0.3) is 0 Å². The molecule has 3 rings (SSSR count). The summed E-state index contributed by atoms with van der Waals surface area (Å²) in [6.45, 7) is 11.1. The predicted octanol–water partition coefficient (Wildman–Crippen LogP) is 3.03. The lowest BCUT2D eigenvalue weighted by Crippen LogP contribution is -2.63. The fourth-order valence-corrected chi connectivity index (χ4v) is 4.21. The van der Waals surface area contributed by atoms with E-state index < -0.39 is 0 Å². The SMILES string of the molecule is CCC1CNC2(CCCC2)CN1CC1CC1(C)C. The van der Waals surface area contributed by atoms with Crippen LogP contribution in [0.25, 0.3) is 0 Å². The van der Waals surface area contributed by atoms with E-state index >= 15 is 0 Å². The average molecular weight is 250 g/mol. The molecule has 18 heavy (non-hydrogen) atoms. The molecule has 2 unspecified atom stereocenters. The van der Waals surface area contributed by atoms with Gasteiger partial charge in [-0.2, -0.15) is 0 Å². The highest BCUT2D eigenvalue weighted by Crippen LogP contribution is 2.52. The standard InChI is InChI=1S/C16H30N2/c1-4-14-10-17-16(7-5-6-8-16)12-18(14)11-13-9-15(13,2)3/h13-14,17H,4-12H2,1-3H3. The normalized spacial score (nSPS) is 38.2. The minimum absolute atomic E-state index is 0.491. The van der Waals surface area contributed by atoms with Gasteiger partial charge in [-0.25, -0.2) is 0 Å². The van der Waals surface area contributed by atoms with Crippen LogP contribution in [0.4, 0.5) is 0 Å². The number of hydrogen-bond donors (Lipinski definition) is 1. The van der Waals surface area contributed by atoms with Crippen LogP contribution in [-0.2, 0) is 0 Å². The summed E-state index contributed by atoms with van der Waals surface area (Å²) in [7, 11) is 0. The number of rotatable bonds is 3. The third kappa shape index (κ3) is 2.34. The Balaban J connectivity index is 1.64. The van der Waals surface area contributed by atoms with Gasteiger partial charge < -0.3 is 5.32 Å². The fraction of sp³-hybridized carbons (Fsp3) is 1.00. The quantitative estimate of drug-likeness (QED) is 0.828.